The molecule has 2 heterocycles. The zero-order chi connectivity index (χ0) is 20.6. The van der Waals surface area contributed by atoms with Crippen LogP contribution in [-0.2, 0) is 11.3 Å². The Morgan fingerprint density at radius 3 is 2.50 bits per heavy atom. The second-order valence-electron chi connectivity index (χ2n) is 6.76. The SMILES string of the molecule is CC(C)Cn1cc(C(=O)C(=O)Nc2c(Cl)c[n+]([O-])cc2Cl)c2cc(O)ccc21. The Labute approximate surface area is 170 Å². The molecule has 0 saturated heterocycles. The minimum absolute atomic E-state index is 0.0154. The lowest BCUT2D eigenvalue weighted by Gasteiger charge is -2.08. The fraction of sp³-hybridized carbons (Fsp3) is 0.211. The maximum absolute atomic E-state index is 12.8. The average molecular weight is 422 g/mol. The molecule has 1 amide bonds. The van der Waals surface area contributed by atoms with E-state index >= 15 is 0 Å². The molecule has 0 aliphatic rings. The Kier molecular flexibility index (Phi) is 5.49. The van der Waals surface area contributed by atoms with Crippen LogP contribution in [0.3, 0.4) is 0 Å². The zero-order valence-corrected chi connectivity index (χ0v) is 16.6. The van der Waals surface area contributed by atoms with Crippen LogP contribution in [0.1, 0.15) is 24.2 Å². The molecule has 9 heteroatoms. The number of ketones is 1. The van der Waals surface area contributed by atoms with Gasteiger partial charge in [-0.2, -0.15) is 4.73 Å². The molecule has 1 aromatic carbocycles. The first-order valence-electron chi connectivity index (χ1n) is 8.42. The molecule has 0 aliphatic heterocycles. The van der Waals surface area contributed by atoms with Crippen molar-refractivity contribution in [2.75, 3.05) is 5.32 Å². The highest BCUT2D eigenvalue weighted by atomic mass is 35.5. The minimum atomic E-state index is -0.959. The third kappa shape index (κ3) is 3.90. The summed E-state index contributed by atoms with van der Waals surface area (Å²) in [6.07, 6.45) is 3.62. The van der Waals surface area contributed by atoms with E-state index < -0.39 is 11.7 Å². The number of carbonyl (C=O) groups is 2. The number of benzene rings is 1. The number of phenolic OH excluding ortho intramolecular Hbond substituents is 1. The van der Waals surface area contributed by atoms with Gasteiger partial charge in [-0.3, -0.25) is 9.59 Å². The quantitative estimate of drug-likeness (QED) is 0.283. The first kappa shape index (κ1) is 20.0. The standard InChI is InChI=1S/C19H17Cl2N3O4/c1-10(2)6-23-7-13(12-5-11(25)3-4-16(12)23)18(26)19(27)22-17-14(20)8-24(28)9-15(17)21/h3-5,7-10,25H,6H2,1-2H3,(H,22,27). The van der Waals surface area contributed by atoms with Gasteiger partial charge in [0, 0.05) is 23.6 Å². The molecule has 0 atom stereocenters. The molecule has 0 fully saturated rings. The molecular formula is C19H17Cl2N3O4. The fourth-order valence-corrected chi connectivity index (χ4v) is 3.47. The summed E-state index contributed by atoms with van der Waals surface area (Å²) in [5.41, 5.74) is 0.847. The highest BCUT2D eigenvalue weighted by Crippen LogP contribution is 2.30. The second kappa shape index (κ2) is 7.69. The third-order valence-electron chi connectivity index (χ3n) is 4.07. The molecule has 2 aromatic heterocycles. The molecule has 28 heavy (non-hydrogen) atoms. The highest BCUT2D eigenvalue weighted by Gasteiger charge is 2.24. The van der Waals surface area contributed by atoms with Gasteiger partial charge in [0.25, 0.3) is 11.7 Å². The summed E-state index contributed by atoms with van der Waals surface area (Å²) in [6.45, 7) is 4.69. The zero-order valence-electron chi connectivity index (χ0n) is 15.1. The molecule has 0 aliphatic carbocycles. The van der Waals surface area contributed by atoms with Crippen LogP contribution in [-0.4, -0.2) is 21.4 Å². The molecule has 3 aromatic rings. The Balaban J connectivity index is 1.99. The molecule has 0 bridgehead atoms. The molecule has 0 radical (unpaired) electrons. The number of Topliss-reactive ketones (excluding diaryl/α,β-unsaturated/α-hetero) is 1. The van der Waals surface area contributed by atoms with E-state index in [2.05, 4.69) is 5.32 Å². The van der Waals surface area contributed by atoms with E-state index in [1.807, 2.05) is 18.4 Å². The molecule has 0 saturated carbocycles. The van der Waals surface area contributed by atoms with Gasteiger partial charge in [-0.15, -0.1) is 0 Å². The minimum Gasteiger partial charge on any atom is -0.619 e. The third-order valence-corrected chi connectivity index (χ3v) is 4.65. The van der Waals surface area contributed by atoms with Crippen molar-refractivity contribution in [1.29, 1.82) is 0 Å². The smallest absolute Gasteiger partial charge is 0.296 e. The van der Waals surface area contributed by atoms with E-state index in [1.54, 1.807) is 12.3 Å². The van der Waals surface area contributed by atoms with Crippen molar-refractivity contribution in [2.45, 2.75) is 20.4 Å². The van der Waals surface area contributed by atoms with Crippen LogP contribution in [0.2, 0.25) is 10.0 Å². The fourth-order valence-electron chi connectivity index (χ4n) is 2.93. The number of phenols is 1. The van der Waals surface area contributed by atoms with Crippen molar-refractivity contribution in [1.82, 2.24) is 4.57 Å². The number of carbonyl (C=O) groups excluding carboxylic acids is 2. The van der Waals surface area contributed by atoms with E-state index in [0.29, 0.717) is 22.6 Å². The van der Waals surface area contributed by atoms with Crippen LogP contribution < -0.4 is 10.0 Å². The first-order valence-corrected chi connectivity index (χ1v) is 9.18. The van der Waals surface area contributed by atoms with Gasteiger partial charge in [0.15, 0.2) is 0 Å². The van der Waals surface area contributed by atoms with Gasteiger partial charge in [-0.25, -0.2) is 0 Å². The highest BCUT2D eigenvalue weighted by molar-refractivity contribution is 6.50. The summed E-state index contributed by atoms with van der Waals surface area (Å²) < 4.78 is 2.26. The first-order chi connectivity index (χ1) is 13.2. The lowest BCUT2D eigenvalue weighted by Crippen LogP contribution is -2.27. The molecule has 3 rings (SSSR count). The second-order valence-corrected chi connectivity index (χ2v) is 7.58. The Morgan fingerprint density at radius 2 is 1.89 bits per heavy atom. The van der Waals surface area contributed by atoms with Crippen LogP contribution in [0.25, 0.3) is 10.9 Å². The van der Waals surface area contributed by atoms with Crippen molar-refractivity contribution >= 4 is 51.5 Å². The normalized spacial score (nSPS) is 11.2. The van der Waals surface area contributed by atoms with Crippen molar-refractivity contribution in [3.05, 3.63) is 57.6 Å². The maximum atomic E-state index is 12.8. The maximum Gasteiger partial charge on any atom is 0.296 e. The van der Waals surface area contributed by atoms with Crippen molar-refractivity contribution < 1.29 is 19.4 Å². The predicted molar refractivity (Wildman–Crippen MR) is 107 cm³/mol. The molecule has 2 N–H and O–H groups in total. The summed E-state index contributed by atoms with van der Waals surface area (Å²) in [4.78, 5) is 25.3. The number of fused-ring (bicyclic) bond motifs is 1. The van der Waals surface area contributed by atoms with Crippen molar-refractivity contribution in [3.8, 4) is 5.75 Å². The summed E-state index contributed by atoms with van der Waals surface area (Å²) in [5.74, 6) is -1.48. The number of nitrogens with zero attached hydrogens (tertiary/aromatic N) is 2. The number of hydrogen-bond donors (Lipinski definition) is 2. The molecule has 146 valence electrons. The van der Waals surface area contributed by atoms with Crippen LogP contribution >= 0.6 is 23.2 Å². The van der Waals surface area contributed by atoms with Crippen LogP contribution in [0, 0.1) is 11.1 Å². The number of amides is 1. The Bertz CT molecular complexity index is 1070. The van der Waals surface area contributed by atoms with E-state index in [-0.39, 0.29) is 27.0 Å². The molecular weight excluding hydrogens is 405 g/mol. The van der Waals surface area contributed by atoms with E-state index in [0.717, 1.165) is 17.9 Å². The number of pyridine rings is 1. The largest absolute Gasteiger partial charge is 0.619 e. The average Bonchev–Trinajstić information content (AvgIpc) is 2.94. The summed E-state index contributed by atoms with van der Waals surface area (Å²) in [6, 6.07) is 4.66. The van der Waals surface area contributed by atoms with E-state index in [9.17, 15) is 19.9 Å². The number of hydrogen-bond acceptors (Lipinski definition) is 4. The van der Waals surface area contributed by atoms with Gasteiger partial charge in [-0.05, 0) is 24.1 Å². The van der Waals surface area contributed by atoms with Gasteiger partial charge in [0.2, 0.25) is 12.4 Å². The van der Waals surface area contributed by atoms with Gasteiger partial charge in [0.05, 0.1) is 11.3 Å². The number of anilines is 1. The topological polar surface area (TPSA) is 98.3 Å². The monoisotopic (exact) mass is 421 g/mol. The predicted octanol–water partition coefficient (Wildman–Crippen LogP) is 3.76. The number of aromatic hydroxyl groups is 1. The lowest BCUT2D eigenvalue weighted by molar-refractivity contribution is -0.605. The van der Waals surface area contributed by atoms with Gasteiger partial charge >= 0.3 is 0 Å². The summed E-state index contributed by atoms with van der Waals surface area (Å²) >= 11 is 11.9. The van der Waals surface area contributed by atoms with E-state index in [1.165, 1.54) is 12.1 Å². The number of nitrogens with one attached hydrogen (secondary N) is 1. The van der Waals surface area contributed by atoms with Crippen LogP contribution in [0.4, 0.5) is 5.69 Å². The van der Waals surface area contributed by atoms with Crippen LogP contribution in [0.15, 0.2) is 36.8 Å². The van der Waals surface area contributed by atoms with Crippen molar-refractivity contribution in [3.63, 3.8) is 0 Å². The molecule has 0 unspecified atom stereocenters. The Hall–Kier alpha value is -2.77. The lowest BCUT2D eigenvalue weighted by atomic mass is 10.1. The summed E-state index contributed by atoms with van der Waals surface area (Å²) in [5, 5.41) is 23.8. The van der Waals surface area contributed by atoms with Gasteiger partial charge < -0.3 is 20.2 Å². The number of halogens is 2. The summed E-state index contributed by atoms with van der Waals surface area (Å²) in [7, 11) is 0. The molecule has 0 spiro atoms. The Morgan fingerprint density at radius 1 is 1.25 bits per heavy atom. The van der Waals surface area contributed by atoms with Crippen molar-refractivity contribution in [2.24, 2.45) is 5.92 Å². The molecule has 7 nitrogen and oxygen atoms in total. The number of aromatic nitrogens is 2. The van der Waals surface area contributed by atoms with Gasteiger partial charge in [0.1, 0.15) is 15.8 Å². The van der Waals surface area contributed by atoms with Gasteiger partial charge in [-0.1, -0.05) is 37.0 Å². The number of rotatable bonds is 5. The van der Waals surface area contributed by atoms with Crippen LogP contribution in [0.5, 0.6) is 5.75 Å². The van der Waals surface area contributed by atoms with E-state index in [4.69, 9.17) is 23.2 Å².